The van der Waals surface area contributed by atoms with Gasteiger partial charge in [-0.25, -0.2) is 0 Å². The van der Waals surface area contributed by atoms with Crippen LogP contribution in [-0.4, -0.2) is 20.6 Å². The van der Waals surface area contributed by atoms with E-state index in [0.29, 0.717) is 16.7 Å². The van der Waals surface area contributed by atoms with Gasteiger partial charge in [-0.05, 0) is 36.4 Å². The molecule has 1 heterocycles. The Morgan fingerprint density at radius 1 is 1.04 bits per heavy atom. The number of para-hydroxylation sites is 1. The summed E-state index contributed by atoms with van der Waals surface area (Å²) in [5.41, 5.74) is 11.2. The standard InChI is InChI=1S/C17H14N4O4S/c18-17(19)21-26(23,24)13-7-5-12(6-8-13)20-9-11-10-25-15-4-2-1-3-14(15)16(11)22/h1-10H,(H4,18,19,21). The van der Waals surface area contributed by atoms with E-state index >= 15 is 0 Å². The van der Waals surface area contributed by atoms with Crippen molar-refractivity contribution >= 4 is 38.9 Å². The van der Waals surface area contributed by atoms with Crippen LogP contribution in [0.2, 0.25) is 0 Å². The maximum atomic E-state index is 12.4. The Morgan fingerprint density at radius 3 is 2.42 bits per heavy atom. The average Bonchev–Trinajstić information content (AvgIpc) is 2.61. The van der Waals surface area contributed by atoms with Crippen molar-refractivity contribution in [3.8, 4) is 0 Å². The molecule has 132 valence electrons. The Labute approximate surface area is 148 Å². The molecule has 8 nitrogen and oxygen atoms in total. The van der Waals surface area contributed by atoms with E-state index in [0.717, 1.165) is 0 Å². The summed E-state index contributed by atoms with van der Waals surface area (Å²) in [6.07, 6.45) is 2.68. The van der Waals surface area contributed by atoms with Gasteiger partial charge >= 0.3 is 0 Å². The molecular formula is C17H14N4O4S. The second-order valence-corrected chi connectivity index (χ2v) is 6.86. The van der Waals surface area contributed by atoms with Crippen LogP contribution in [0.5, 0.6) is 0 Å². The van der Waals surface area contributed by atoms with Gasteiger partial charge < -0.3 is 15.9 Å². The average molecular weight is 370 g/mol. The fraction of sp³-hybridized carbons (Fsp3) is 0. The number of nitrogens with two attached hydrogens (primary N) is 2. The highest BCUT2D eigenvalue weighted by atomic mass is 32.2. The first kappa shape index (κ1) is 17.4. The van der Waals surface area contributed by atoms with E-state index in [9.17, 15) is 13.2 Å². The summed E-state index contributed by atoms with van der Waals surface area (Å²) in [6.45, 7) is 0. The molecule has 2 aromatic carbocycles. The van der Waals surface area contributed by atoms with Gasteiger partial charge in [0, 0.05) is 6.21 Å². The van der Waals surface area contributed by atoms with E-state index in [1.54, 1.807) is 24.3 Å². The Balaban J connectivity index is 1.89. The number of hydrogen-bond acceptors (Lipinski definition) is 5. The largest absolute Gasteiger partial charge is 0.463 e. The lowest BCUT2D eigenvalue weighted by molar-refractivity contribution is 0.598. The summed E-state index contributed by atoms with van der Waals surface area (Å²) in [6, 6.07) is 12.5. The van der Waals surface area contributed by atoms with Crippen molar-refractivity contribution in [3.63, 3.8) is 0 Å². The maximum absolute atomic E-state index is 12.4. The van der Waals surface area contributed by atoms with Gasteiger partial charge in [0.05, 0.1) is 21.5 Å². The quantitative estimate of drug-likeness (QED) is 0.526. The number of guanidine groups is 1. The van der Waals surface area contributed by atoms with E-state index in [2.05, 4.69) is 9.39 Å². The van der Waals surface area contributed by atoms with Crippen LogP contribution in [0, 0.1) is 0 Å². The van der Waals surface area contributed by atoms with Crippen LogP contribution >= 0.6 is 0 Å². The molecule has 0 atom stereocenters. The second-order valence-electron chi connectivity index (χ2n) is 5.26. The first-order valence-corrected chi connectivity index (χ1v) is 8.81. The molecule has 0 spiro atoms. The molecule has 3 aromatic rings. The monoisotopic (exact) mass is 370 g/mol. The molecule has 0 aliphatic rings. The summed E-state index contributed by atoms with van der Waals surface area (Å²) in [5.74, 6) is -0.546. The summed E-state index contributed by atoms with van der Waals surface area (Å²) >= 11 is 0. The van der Waals surface area contributed by atoms with Crippen molar-refractivity contribution in [2.75, 3.05) is 0 Å². The van der Waals surface area contributed by atoms with Crippen LogP contribution in [-0.2, 0) is 10.0 Å². The third kappa shape index (κ3) is 3.62. The highest BCUT2D eigenvalue weighted by molar-refractivity contribution is 7.90. The molecule has 3 rings (SSSR count). The van der Waals surface area contributed by atoms with Gasteiger partial charge in [0.15, 0.2) is 0 Å². The molecule has 0 bridgehead atoms. The lowest BCUT2D eigenvalue weighted by Crippen LogP contribution is -2.24. The van der Waals surface area contributed by atoms with Gasteiger partial charge in [-0.1, -0.05) is 12.1 Å². The zero-order valence-electron chi connectivity index (χ0n) is 13.4. The molecule has 0 fully saturated rings. The molecule has 0 aliphatic heterocycles. The topological polar surface area (TPSA) is 141 Å². The van der Waals surface area contributed by atoms with Crippen LogP contribution in [0.1, 0.15) is 5.56 Å². The van der Waals surface area contributed by atoms with Crippen LogP contribution < -0.4 is 16.9 Å². The maximum Gasteiger partial charge on any atom is 0.285 e. The number of hydrogen-bond donors (Lipinski definition) is 2. The Morgan fingerprint density at radius 2 is 1.73 bits per heavy atom. The number of aliphatic imine (C=N–C) groups is 1. The van der Waals surface area contributed by atoms with E-state index in [1.165, 1.54) is 36.7 Å². The molecule has 26 heavy (non-hydrogen) atoms. The molecule has 0 aliphatic carbocycles. The van der Waals surface area contributed by atoms with Crippen molar-refractivity contribution in [2.45, 2.75) is 4.90 Å². The molecule has 0 saturated heterocycles. The molecule has 0 radical (unpaired) electrons. The summed E-state index contributed by atoms with van der Waals surface area (Å²) in [4.78, 5) is 16.5. The molecule has 0 saturated carbocycles. The van der Waals surface area contributed by atoms with Crippen LogP contribution in [0.25, 0.3) is 11.0 Å². The molecule has 0 amide bonds. The van der Waals surface area contributed by atoms with Gasteiger partial charge in [0.1, 0.15) is 11.8 Å². The predicted octanol–water partition coefficient (Wildman–Crippen LogP) is 1.51. The predicted molar refractivity (Wildman–Crippen MR) is 99.2 cm³/mol. The van der Waals surface area contributed by atoms with Crippen molar-refractivity contribution in [1.29, 1.82) is 0 Å². The van der Waals surface area contributed by atoms with Crippen molar-refractivity contribution in [3.05, 3.63) is 70.6 Å². The molecular weight excluding hydrogens is 356 g/mol. The number of sulfonamides is 1. The fourth-order valence-corrected chi connectivity index (χ4v) is 3.08. The van der Waals surface area contributed by atoms with E-state index in [1.807, 2.05) is 0 Å². The SMILES string of the molecule is NC(N)=NS(=O)(=O)c1ccc(N=Cc2coc3ccccc3c2=O)cc1. The van der Waals surface area contributed by atoms with E-state index in [-0.39, 0.29) is 15.9 Å². The van der Waals surface area contributed by atoms with Gasteiger partial charge in [0.2, 0.25) is 11.4 Å². The highest BCUT2D eigenvalue weighted by Crippen LogP contribution is 2.18. The van der Waals surface area contributed by atoms with Crippen LogP contribution in [0.4, 0.5) is 5.69 Å². The lowest BCUT2D eigenvalue weighted by Gasteiger charge is -2.00. The molecule has 1 aromatic heterocycles. The minimum absolute atomic E-state index is 0.0740. The van der Waals surface area contributed by atoms with Crippen molar-refractivity contribution in [2.24, 2.45) is 20.9 Å². The van der Waals surface area contributed by atoms with Gasteiger partial charge in [0.25, 0.3) is 10.0 Å². The minimum atomic E-state index is -3.95. The second kappa shape index (κ2) is 6.81. The number of rotatable bonds is 4. The van der Waals surface area contributed by atoms with Crippen LogP contribution in [0.15, 0.2) is 78.3 Å². The molecule has 4 N–H and O–H groups in total. The minimum Gasteiger partial charge on any atom is -0.463 e. The van der Waals surface area contributed by atoms with E-state index < -0.39 is 16.0 Å². The first-order chi connectivity index (χ1) is 12.4. The highest BCUT2D eigenvalue weighted by Gasteiger charge is 2.12. The number of nitrogens with zero attached hydrogens (tertiary/aromatic N) is 2. The smallest absolute Gasteiger partial charge is 0.285 e. The third-order valence-corrected chi connectivity index (χ3v) is 4.74. The Hall–Kier alpha value is -3.46. The fourth-order valence-electron chi connectivity index (χ4n) is 2.22. The number of fused-ring (bicyclic) bond motifs is 1. The normalized spacial score (nSPS) is 11.7. The summed E-state index contributed by atoms with van der Waals surface area (Å²) < 4.78 is 32.3. The zero-order chi connectivity index (χ0) is 18.7. The molecule has 0 unspecified atom stereocenters. The first-order valence-electron chi connectivity index (χ1n) is 7.37. The third-order valence-electron chi connectivity index (χ3n) is 3.42. The summed E-state index contributed by atoms with van der Waals surface area (Å²) in [7, 11) is -3.95. The lowest BCUT2D eigenvalue weighted by atomic mass is 10.2. The van der Waals surface area contributed by atoms with E-state index in [4.69, 9.17) is 15.9 Å². The molecule has 9 heteroatoms. The Bertz CT molecular complexity index is 1180. The number of benzene rings is 2. The zero-order valence-corrected chi connectivity index (χ0v) is 14.2. The van der Waals surface area contributed by atoms with Crippen molar-refractivity contribution in [1.82, 2.24) is 0 Å². The summed E-state index contributed by atoms with van der Waals surface area (Å²) in [5, 5.41) is 0.454. The Kier molecular flexibility index (Phi) is 4.55. The van der Waals surface area contributed by atoms with Crippen molar-refractivity contribution < 1.29 is 12.8 Å². The van der Waals surface area contributed by atoms with Crippen LogP contribution in [0.3, 0.4) is 0 Å². The van der Waals surface area contributed by atoms with Gasteiger partial charge in [-0.3, -0.25) is 9.79 Å². The van der Waals surface area contributed by atoms with Gasteiger partial charge in [-0.15, -0.1) is 4.40 Å². The van der Waals surface area contributed by atoms with Gasteiger partial charge in [-0.2, -0.15) is 8.42 Å².